The highest BCUT2D eigenvalue weighted by Crippen LogP contribution is 2.22. The Morgan fingerprint density at radius 2 is 1.95 bits per heavy atom. The molecule has 0 unspecified atom stereocenters. The lowest BCUT2D eigenvalue weighted by Gasteiger charge is -2.04. The number of aromatic nitrogens is 2. The van der Waals surface area contributed by atoms with Crippen molar-refractivity contribution < 1.29 is 9.84 Å². The molecule has 1 aromatic carbocycles. The maximum absolute atomic E-state index is 8.70. The molecule has 0 bridgehead atoms. The Bertz CT molecular complexity index is 641. The van der Waals surface area contributed by atoms with Crippen molar-refractivity contribution in [2.75, 3.05) is 13.2 Å². The molecular formula is C15H14N2O2. The van der Waals surface area contributed by atoms with E-state index in [0.29, 0.717) is 6.61 Å². The first-order valence-corrected chi connectivity index (χ1v) is 6.14. The van der Waals surface area contributed by atoms with Crippen molar-refractivity contribution in [1.82, 2.24) is 9.38 Å². The van der Waals surface area contributed by atoms with Crippen molar-refractivity contribution in [1.29, 1.82) is 0 Å². The largest absolute Gasteiger partial charge is 0.491 e. The van der Waals surface area contributed by atoms with E-state index < -0.39 is 0 Å². The van der Waals surface area contributed by atoms with Crippen LogP contribution in [0.5, 0.6) is 5.75 Å². The zero-order valence-corrected chi connectivity index (χ0v) is 10.4. The van der Waals surface area contributed by atoms with Gasteiger partial charge in [0, 0.05) is 18.0 Å². The van der Waals surface area contributed by atoms with Gasteiger partial charge in [0.05, 0.1) is 12.3 Å². The highest BCUT2D eigenvalue weighted by molar-refractivity contribution is 5.63. The molecule has 0 aliphatic rings. The summed E-state index contributed by atoms with van der Waals surface area (Å²) in [6, 6.07) is 13.6. The molecule has 4 heteroatoms. The fourth-order valence-corrected chi connectivity index (χ4v) is 1.96. The van der Waals surface area contributed by atoms with Crippen LogP contribution in [0.3, 0.4) is 0 Å². The summed E-state index contributed by atoms with van der Waals surface area (Å²) < 4.78 is 7.32. The highest BCUT2D eigenvalue weighted by Gasteiger charge is 2.04. The van der Waals surface area contributed by atoms with Crippen molar-refractivity contribution >= 4 is 5.65 Å². The fraction of sp³-hybridized carbons (Fsp3) is 0.133. The number of aliphatic hydroxyl groups is 1. The Morgan fingerprint density at radius 1 is 1.11 bits per heavy atom. The molecule has 4 nitrogen and oxygen atoms in total. The van der Waals surface area contributed by atoms with E-state index in [1.807, 2.05) is 59.3 Å². The van der Waals surface area contributed by atoms with Crippen LogP contribution in [0.2, 0.25) is 0 Å². The molecule has 0 saturated heterocycles. The number of aliphatic hydroxyl groups excluding tert-OH is 1. The van der Waals surface area contributed by atoms with E-state index in [-0.39, 0.29) is 6.61 Å². The molecule has 19 heavy (non-hydrogen) atoms. The first-order valence-electron chi connectivity index (χ1n) is 6.14. The van der Waals surface area contributed by atoms with Crippen LogP contribution in [0.4, 0.5) is 0 Å². The second kappa shape index (κ2) is 5.12. The van der Waals surface area contributed by atoms with E-state index in [2.05, 4.69) is 4.98 Å². The van der Waals surface area contributed by atoms with Gasteiger partial charge in [-0.05, 0) is 36.4 Å². The van der Waals surface area contributed by atoms with E-state index in [0.717, 1.165) is 22.7 Å². The van der Waals surface area contributed by atoms with Crippen molar-refractivity contribution in [2.45, 2.75) is 0 Å². The Labute approximate surface area is 110 Å². The van der Waals surface area contributed by atoms with Crippen LogP contribution in [0.1, 0.15) is 0 Å². The number of hydrogen-bond acceptors (Lipinski definition) is 3. The Balaban J connectivity index is 1.88. The van der Waals surface area contributed by atoms with Gasteiger partial charge >= 0.3 is 0 Å². The van der Waals surface area contributed by atoms with Gasteiger partial charge in [-0.1, -0.05) is 6.07 Å². The van der Waals surface area contributed by atoms with Crippen molar-refractivity contribution in [3.63, 3.8) is 0 Å². The predicted octanol–water partition coefficient (Wildman–Crippen LogP) is 2.37. The molecule has 0 radical (unpaired) electrons. The third-order valence-electron chi connectivity index (χ3n) is 2.87. The molecule has 1 N–H and O–H groups in total. The smallest absolute Gasteiger partial charge is 0.137 e. The molecular weight excluding hydrogens is 240 g/mol. The average Bonchev–Trinajstić information content (AvgIpc) is 2.89. The molecule has 0 atom stereocenters. The topological polar surface area (TPSA) is 46.8 Å². The standard InChI is InChI=1S/C15H14N2O2/c18-9-10-19-13-6-4-12(5-7-13)14-11-17-8-2-1-3-15(17)16-14/h1-8,11,18H,9-10H2. The van der Waals surface area contributed by atoms with Crippen LogP contribution >= 0.6 is 0 Å². The molecule has 0 saturated carbocycles. The summed E-state index contributed by atoms with van der Waals surface area (Å²) in [5, 5.41) is 8.70. The first kappa shape index (κ1) is 11.7. The molecule has 0 aliphatic heterocycles. The fourth-order valence-electron chi connectivity index (χ4n) is 1.96. The van der Waals surface area contributed by atoms with Crippen LogP contribution in [0, 0.1) is 0 Å². The van der Waals surface area contributed by atoms with Gasteiger partial charge in [-0.25, -0.2) is 4.98 Å². The average molecular weight is 254 g/mol. The number of imidazole rings is 1. The van der Waals surface area contributed by atoms with E-state index in [1.165, 1.54) is 0 Å². The molecule has 0 fully saturated rings. The quantitative estimate of drug-likeness (QED) is 0.777. The number of hydrogen-bond donors (Lipinski definition) is 1. The lowest BCUT2D eigenvalue weighted by Crippen LogP contribution is -2.01. The third kappa shape index (κ3) is 2.44. The highest BCUT2D eigenvalue weighted by atomic mass is 16.5. The van der Waals surface area contributed by atoms with Gasteiger partial charge in [-0.2, -0.15) is 0 Å². The minimum atomic E-state index is 0.0220. The van der Waals surface area contributed by atoms with Gasteiger partial charge in [0.2, 0.25) is 0 Å². The van der Waals surface area contributed by atoms with Crippen molar-refractivity contribution in [2.24, 2.45) is 0 Å². The van der Waals surface area contributed by atoms with Crippen LogP contribution < -0.4 is 4.74 Å². The van der Waals surface area contributed by atoms with Crippen molar-refractivity contribution in [3.8, 4) is 17.0 Å². The molecule has 3 aromatic rings. The monoisotopic (exact) mass is 254 g/mol. The van der Waals surface area contributed by atoms with Crippen LogP contribution in [0.15, 0.2) is 54.9 Å². The van der Waals surface area contributed by atoms with Crippen LogP contribution in [-0.4, -0.2) is 27.7 Å². The van der Waals surface area contributed by atoms with Gasteiger partial charge in [-0.15, -0.1) is 0 Å². The van der Waals surface area contributed by atoms with Gasteiger partial charge in [0.25, 0.3) is 0 Å². The van der Waals surface area contributed by atoms with Gasteiger partial charge < -0.3 is 14.2 Å². The summed E-state index contributed by atoms with van der Waals surface area (Å²) in [7, 11) is 0. The molecule has 96 valence electrons. The zero-order chi connectivity index (χ0) is 13.1. The number of ether oxygens (including phenoxy) is 1. The SMILES string of the molecule is OCCOc1ccc(-c2cn3ccccc3n2)cc1. The summed E-state index contributed by atoms with van der Waals surface area (Å²) in [5.41, 5.74) is 2.90. The minimum absolute atomic E-state index is 0.0220. The van der Waals surface area contributed by atoms with E-state index >= 15 is 0 Å². The normalized spacial score (nSPS) is 10.8. The molecule has 0 amide bonds. The number of pyridine rings is 1. The van der Waals surface area contributed by atoms with Crippen LogP contribution in [0.25, 0.3) is 16.9 Å². The number of rotatable bonds is 4. The van der Waals surface area contributed by atoms with Crippen molar-refractivity contribution in [3.05, 3.63) is 54.9 Å². The van der Waals surface area contributed by atoms with Gasteiger partial charge in [0.15, 0.2) is 0 Å². The maximum atomic E-state index is 8.70. The lowest BCUT2D eigenvalue weighted by molar-refractivity contribution is 0.201. The van der Waals surface area contributed by atoms with Crippen LogP contribution in [-0.2, 0) is 0 Å². The third-order valence-corrected chi connectivity index (χ3v) is 2.87. The number of fused-ring (bicyclic) bond motifs is 1. The van der Waals surface area contributed by atoms with E-state index in [4.69, 9.17) is 9.84 Å². The summed E-state index contributed by atoms with van der Waals surface area (Å²) in [5.74, 6) is 0.751. The Morgan fingerprint density at radius 3 is 2.68 bits per heavy atom. The minimum Gasteiger partial charge on any atom is -0.491 e. The Hall–Kier alpha value is -2.33. The molecule has 0 aliphatic carbocycles. The zero-order valence-electron chi connectivity index (χ0n) is 10.4. The van der Waals surface area contributed by atoms with E-state index in [9.17, 15) is 0 Å². The summed E-state index contributed by atoms with van der Waals surface area (Å²) >= 11 is 0. The molecule has 0 spiro atoms. The first-order chi connectivity index (χ1) is 9.36. The number of nitrogens with zero attached hydrogens (tertiary/aromatic N) is 2. The predicted molar refractivity (Wildman–Crippen MR) is 73.2 cm³/mol. The lowest BCUT2D eigenvalue weighted by atomic mass is 10.2. The molecule has 2 aromatic heterocycles. The summed E-state index contributed by atoms with van der Waals surface area (Å²) in [6.45, 7) is 0.335. The van der Waals surface area contributed by atoms with Gasteiger partial charge in [-0.3, -0.25) is 0 Å². The number of benzene rings is 1. The Kier molecular flexibility index (Phi) is 3.16. The van der Waals surface area contributed by atoms with E-state index in [1.54, 1.807) is 0 Å². The molecule has 3 rings (SSSR count). The summed E-state index contributed by atoms with van der Waals surface area (Å²) in [4.78, 5) is 4.56. The maximum Gasteiger partial charge on any atom is 0.137 e. The summed E-state index contributed by atoms with van der Waals surface area (Å²) in [6.07, 6.45) is 3.98. The second-order valence-electron chi connectivity index (χ2n) is 4.19. The molecule has 2 heterocycles. The second-order valence-corrected chi connectivity index (χ2v) is 4.19. The van der Waals surface area contributed by atoms with Gasteiger partial charge in [0.1, 0.15) is 18.0 Å².